The minimum Gasteiger partial charge on any atom is -0.495 e. The fourth-order valence-electron chi connectivity index (χ4n) is 2.75. The standard InChI is InChI=1S/C17H20N2O/c1-20-16-11-19-9-8-15(16)17(18)14-7-3-6-13(10-14)12-4-2-5-12/h3,6-12,17H,2,4-5,18H2,1H3. The van der Waals surface area contributed by atoms with E-state index in [9.17, 15) is 0 Å². The van der Waals surface area contributed by atoms with Gasteiger partial charge in [0.25, 0.3) is 0 Å². The summed E-state index contributed by atoms with van der Waals surface area (Å²) in [6, 6.07) is 10.4. The van der Waals surface area contributed by atoms with Gasteiger partial charge in [-0.3, -0.25) is 4.98 Å². The molecule has 104 valence electrons. The quantitative estimate of drug-likeness (QED) is 0.924. The fraction of sp³-hybridized carbons (Fsp3) is 0.353. The van der Waals surface area contributed by atoms with Crippen LogP contribution in [0.25, 0.3) is 0 Å². The van der Waals surface area contributed by atoms with Crippen molar-refractivity contribution in [3.63, 3.8) is 0 Å². The monoisotopic (exact) mass is 268 g/mol. The molecule has 3 nitrogen and oxygen atoms in total. The molecule has 1 atom stereocenters. The zero-order valence-electron chi connectivity index (χ0n) is 11.8. The van der Waals surface area contributed by atoms with E-state index in [1.165, 1.54) is 24.8 Å². The first kappa shape index (κ1) is 13.1. The molecule has 0 aliphatic heterocycles. The van der Waals surface area contributed by atoms with Crippen LogP contribution < -0.4 is 10.5 Å². The van der Waals surface area contributed by atoms with Gasteiger partial charge in [-0.1, -0.05) is 30.7 Å². The molecule has 1 heterocycles. The number of methoxy groups -OCH3 is 1. The summed E-state index contributed by atoms with van der Waals surface area (Å²) in [4.78, 5) is 4.08. The minimum absolute atomic E-state index is 0.173. The number of rotatable bonds is 4. The van der Waals surface area contributed by atoms with Crippen LogP contribution in [0, 0.1) is 0 Å². The van der Waals surface area contributed by atoms with Crippen LogP contribution in [-0.4, -0.2) is 12.1 Å². The topological polar surface area (TPSA) is 48.1 Å². The summed E-state index contributed by atoms with van der Waals surface area (Å²) >= 11 is 0. The Bertz CT molecular complexity index is 593. The highest BCUT2D eigenvalue weighted by molar-refractivity contribution is 5.41. The van der Waals surface area contributed by atoms with Crippen LogP contribution in [0.2, 0.25) is 0 Å². The van der Waals surface area contributed by atoms with E-state index < -0.39 is 0 Å². The zero-order valence-corrected chi connectivity index (χ0v) is 11.8. The first-order valence-electron chi connectivity index (χ1n) is 7.13. The van der Waals surface area contributed by atoms with Gasteiger partial charge in [-0.05, 0) is 36.0 Å². The molecule has 0 saturated heterocycles. The molecule has 2 N–H and O–H groups in total. The molecule has 0 bridgehead atoms. The van der Waals surface area contributed by atoms with Gasteiger partial charge in [-0.2, -0.15) is 0 Å². The van der Waals surface area contributed by atoms with E-state index in [2.05, 4.69) is 29.2 Å². The Labute approximate surface area is 119 Å². The number of aromatic nitrogens is 1. The number of hydrogen-bond acceptors (Lipinski definition) is 3. The second-order valence-electron chi connectivity index (χ2n) is 5.39. The summed E-state index contributed by atoms with van der Waals surface area (Å²) in [5.41, 5.74) is 9.95. The SMILES string of the molecule is COc1cnccc1C(N)c1cccc(C2CCC2)c1. The lowest BCUT2D eigenvalue weighted by Gasteiger charge is -2.26. The van der Waals surface area contributed by atoms with E-state index in [4.69, 9.17) is 10.5 Å². The Morgan fingerprint density at radius 3 is 2.85 bits per heavy atom. The summed E-state index contributed by atoms with van der Waals surface area (Å²) in [6.07, 6.45) is 7.42. The van der Waals surface area contributed by atoms with Gasteiger partial charge in [-0.25, -0.2) is 0 Å². The van der Waals surface area contributed by atoms with Crippen molar-refractivity contribution in [2.45, 2.75) is 31.2 Å². The molecular formula is C17H20N2O. The van der Waals surface area contributed by atoms with Gasteiger partial charge in [0, 0.05) is 11.8 Å². The van der Waals surface area contributed by atoms with Gasteiger partial charge in [0.15, 0.2) is 0 Å². The Balaban J connectivity index is 1.91. The highest BCUT2D eigenvalue weighted by atomic mass is 16.5. The van der Waals surface area contributed by atoms with Crippen molar-refractivity contribution >= 4 is 0 Å². The van der Waals surface area contributed by atoms with Crippen molar-refractivity contribution in [2.75, 3.05) is 7.11 Å². The first-order valence-corrected chi connectivity index (χ1v) is 7.13. The number of nitrogens with zero attached hydrogens (tertiary/aromatic N) is 1. The lowest BCUT2D eigenvalue weighted by molar-refractivity contribution is 0.405. The van der Waals surface area contributed by atoms with Crippen LogP contribution in [-0.2, 0) is 0 Å². The number of nitrogens with two attached hydrogens (primary N) is 1. The van der Waals surface area contributed by atoms with Crippen molar-refractivity contribution in [1.82, 2.24) is 4.98 Å². The van der Waals surface area contributed by atoms with Crippen molar-refractivity contribution in [1.29, 1.82) is 0 Å². The largest absolute Gasteiger partial charge is 0.495 e. The number of pyridine rings is 1. The zero-order chi connectivity index (χ0) is 13.9. The molecule has 1 aliphatic carbocycles. The molecule has 1 saturated carbocycles. The van der Waals surface area contributed by atoms with Gasteiger partial charge in [-0.15, -0.1) is 0 Å². The molecule has 1 aliphatic rings. The van der Waals surface area contributed by atoms with Gasteiger partial charge < -0.3 is 10.5 Å². The third-order valence-electron chi connectivity index (χ3n) is 4.22. The average molecular weight is 268 g/mol. The van der Waals surface area contributed by atoms with Gasteiger partial charge >= 0.3 is 0 Å². The van der Waals surface area contributed by atoms with Crippen molar-refractivity contribution in [2.24, 2.45) is 5.73 Å². The molecular weight excluding hydrogens is 248 g/mol. The second-order valence-corrected chi connectivity index (χ2v) is 5.39. The predicted molar refractivity (Wildman–Crippen MR) is 79.9 cm³/mol. The van der Waals surface area contributed by atoms with Crippen LogP contribution in [0.1, 0.15) is 47.9 Å². The Kier molecular flexibility index (Phi) is 3.70. The van der Waals surface area contributed by atoms with Crippen LogP contribution in [0.5, 0.6) is 5.75 Å². The third kappa shape index (κ3) is 2.41. The maximum Gasteiger partial charge on any atom is 0.142 e. The van der Waals surface area contributed by atoms with Gasteiger partial charge in [0.05, 0.1) is 19.3 Å². The number of ether oxygens (including phenoxy) is 1. The maximum atomic E-state index is 6.41. The highest BCUT2D eigenvalue weighted by Gasteiger charge is 2.21. The van der Waals surface area contributed by atoms with Gasteiger partial charge in [0.2, 0.25) is 0 Å². The van der Waals surface area contributed by atoms with Crippen LogP contribution in [0.15, 0.2) is 42.7 Å². The first-order chi connectivity index (χ1) is 9.79. The summed E-state index contributed by atoms with van der Waals surface area (Å²) in [5, 5.41) is 0. The van der Waals surface area contributed by atoms with E-state index in [0.717, 1.165) is 22.8 Å². The van der Waals surface area contributed by atoms with Crippen LogP contribution in [0.4, 0.5) is 0 Å². The maximum absolute atomic E-state index is 6.41. The van der Waals surface area contributed by atoms with Crippen molar-refractivity contribution < 1.29 is 4.74 Å². The predicted octanol–water partition coefficient (Wildman–Crippen LogP) is 3.41. The summed E-state index contributed by atoms with van der Waals surface area (Å²) in [5.74, 6) is 1.47. The molecule has 0 spiro atoms. The van der Waals surface area contributed by atoms with E-state index in [-0.39, 0.29) is 6.04 Å². The third-order valence-corrected chi connectivity index (χ3v) is 4.22. The lowest BCUT2D eigenvalue weighted by Crippen LogP contribution is -2.15. The molecule has 1 aromatic carbocycles. The van der Waals surface area contributed by atoms with E-state index in [0.29, 0.717) is 0 Å². The second kappa shape index (κ2) is 5.63. The van der Waals surface area contributed by atoms with E-state index in [1.807, 2.05) is 6.07 Å². The summed E-state index contributed by atoms with van der Waals surface area (Å²) in [6.45, 7) is 0. The van der Waals surface area contributed by atoms with Gasteiger partial charge in [0.1, 0.15) is 5.75 Å². The molecule has 2 aromatic rings. The highest BCUT2D eigenvalue weighted by Crippen LogP contribution is 2.37. The summed E-state index contributed by atoms with van der Waals surface area (Å²) in [7, 11) is 1.65. The van der Waals surface area contributed by atoms with Crippen molar-refractivity contribution in [3.05, 3.63) is 59.4 Å². The molecule has 0 amide bonds. The Morgan fingerprint density at radius 2 is 2.15 bits per heavy atom. The lowest BCUT2D eigenvalue weighted by atomic mass is 9.79. The molecule has 20 heavy (non-hydrogen) atoms. The average Bonchev–Trinajstić information content (AvgIpc) is 2.45. The van der Waals surface area contributed by atoms with Crippen LogP contribution in [0.3, 0.4) is 0 Å². The molecule has 1 unspecified atom stereocenters. The summed E-state index contributed by atoms with van der Waals surface area (Å²) < 4.78 is 5.36. The normalized spacial score (nSPS) is 16.5. The fourth-order valence-corrected chi connectivity index (χ4v) is 2.75. The van der Waals surface area contributed by atoms with Crippen LogP contribution >= 0.6 is 0 Å². The number of hydrogen-bond donors (Lipinski definition) is 1. The smallest absolute Gasteiger partial charge is 0.142 e. The molecule has 0 radical (unpaired) electrons. The molecule has 3 heteroatoms. The van der Waals surface area contributed by atoms with Crippen molar-refractivity contribution in [3.8, 4) is 5.75 Å². The minimum atomic E-state index is -0.173. The molecule has 3 rings (SSSR count). The Morgan fingerprint density at radius 1 is 1.30 bits per heavy atom. The molecule has 1 fully saturated rings. The molecule has 1 aromatic heterocycles. The number of benzene rings is 1. The Hall–Kier alpha value is -1.87. The van der Waals surface area contributed by atoms with E-state index in [1.54, 1.807) is 19.5 Å². The van der Waals surface area contributed by atoms with E-state index >= 15 is 0 Å².